The van der Waals surface area contributed by atoms with Gasteiger partial charge in [0.25, 0.3) is 5.91 Å². The van der Waals surface area contributed by atoms with Crippen LogP contribution in [0.25, 0.3) is 0 Å². The fourth-order valence-corrected chi connectivity index (χ4v) is 2.57. The van der Waals surface area contributed by atoms with Crippen molar-refractivity contribution < 1.29 is 14.7 Å². The molecule has 6 nitrogen and oxygen atoms in total. The van der Waals surface area contributed by atoms with Gasteiger partial charge in [-0.15, -0.1) is 0 Å². The van der Waals surface area contributed by atoms with Crippen molar-refractivity contribution in [3.05, 3.63) is 29.8 Å². The molecule has 0 bridgehead atoms. The number of nitrogens with zero attached hydrogens (tertiary/aromatic N) is 1. The highest BCUT2D eigenvalue weighted by atomic mass is 16.3. The molecule has 6 heteroatoms. The normalized spacial score (nSPS) is 20.7. The summed E-state index contributed by atoms with van der Waals surface area (Å²) in [4.78, 5) is 26.2. The Morgan fingerprint density at radius 3 is 2.68 bits per heavy atom. The van der Waals surface area contributed by atoms with Crippen molar-refractivity contribution in [2.45, 2.75) is 32.4 Å². The summed E-state index contributed by atoms with van der Waals surface area (Å²) in [6.07, 6.45) is -0.0736. The summed E-state index contributed by atoms with van der Waals surface area (Å²) in [6.45, 7) is 5.60. The Morgan fingerprint density at radius 1 is 1.36 bits per heavy atom. The van der Waals surface area contributed by atoms with Crippen molar-refractivity contribution in [2.75, 3.05) is 25.0 Å². The van der Waals surface area contributed by atoms with Crippen LogP contribution in [0.4, 0.5) is 5.69 Å². The van der Waals surface area contributed by atoms with E-state index < -0.39 is 12.1 Å². The molecule has 1 fully saturated rings. The van der Waals surface area contributed by atoms with Crippen molar-refractivity contribution in [1.29, 1.82) is 0 Å². The maximum Gasteiger partial charge on any atom is 0.253 e. The molecule has 1 saturated heterocycles. The lowest BCUT2D eigenvalue weighted by atomic mass is 10.1. The van der Waals surface area contributed by atoms with E-state index in [-0.39, 0.29) is 11.8 Å². The second kappa shape index (κ2) is 7.38. The second-order valence-corrected chi connectivity index (χ2v) is 5.40. The van der Waals surface area contributed by atoms with Gasteiger partial charge < -0.3 is 20.6 Å². The largest absolute Gasteiger partial charge is 0.392 e. The number of hydrogen-bond donors (Lipinski definition) is 3. The van der Waals surface area contributed by atoms with Gasteiger partial charge in [0.05, 0.1) is 12.1 Å². The first-order valence-electron chi connectivity index (χ1n) is 7.66. The first-order valence-corrected chi connectivity index (χ1v) is 7.66. The number of aliphatic hydroxyl groups is 1. The minimum atomic E-state index is -0.480. The topological polar surface area (TPSA) is 81.7 Å². The van der Waals surface area contributed by atoms with E-state index in [0.717, 1.165) is 0 Å². The predicted molar refractivity (Wildman–Crippen MR) is 84.7 cm³/mol. The van der Waals surface area contributed by atoms with Crippen LogP contribution in [0.5, 0.6) is 0 Å². The molecule has 2 amide bonds. The zero-order valence-electron chi connectivity index (χ0n) is 13.0. The number of rotatable bonds is 5. The van der Waals surface area contributed by atoms with Gasteiger partial charge in [-0.05, 0) is 38.5 Å². The van der Waals surface area contributed by atoms with Crippen molar-refractivity contribution in [3.63, 3.8) is 0 Å². The lowest BCUT2D eigenvalue weighted by molar-refractivity contribution is -0.117. The smallest absolute Gasteiger partial charge is 0.253 e. The molecule has 22 heavy (non-hydrogen) atoms. The summed E-state index contributed by atoms with van der Waals surface area (Å²) in [7, 11) is 0. The van der Waals surface area contributed by atoms with Crippen LogP contribution in [0.3, 0.4) is 0 Å². The molecule has 1 aliphatic heterocycles. The van der Waals surface area contributed by atoms with Gasteiger partial charge in [0.1, 0.15) is 0 Å². The van der Waals surface area contributed by atoms with Gasteiger partial charge in [0.15, 0.2) is 0 Å². The summed E-state index contributed by atoms with van der Waals surface area (Å²) >= 11 is 0. The average molecular weight is 305 g/mol. The number of hydrogen-bond acceptors (Lipinski definition) is 4. The molecule has 1 aromatic rings. The van der Waals surface area contributed by atoms with Crippen LogP contribution in [-0.4, -0.2) is 53.6 Å². The quantitative estimate of drug-likeness (QED) is 0.752. The van der Waals surface area contributed by atoms with Crippen molar-refractivity contribution in [1.82, 2.24) is 10.2 Å². The maximum absolute atomic E-state index is 12.3. The van der Waals surface area contributed by atoms with Crippen molar-refractivity contribution in [3.8, 4) is 0 Å². The third-order valence-corrected chi connectivity index (χ3v) is 3.85. The first kappa shape index (κ1) is 16.5. The lowest BCUT2D eigenvalue weighted by Crippen LogP contribution is -2.35. The number of aliphatic hydroxyl groups excluding tert-OH is 1. The molecule has 1 aromatic carbocycles. The van der Waals surface area contributed by atoms with E-state index in [4.69, 9.17) is 0 Å². The van der Waals surface area contributed by atoms with E-state index in [0.29, 0.717) is 37.3 Å². The Morgan fingerprint density at radius 2 is 2.09 bits per heavy atom. The first-order chi connectivity index (χ1) is 10.5. The molecule has 0 saturated carbocycles. The van der Waals surface area contributed by atoms with E-state index in [1.165, 1.54) is 0 Å². The predicted octanol–water partition coefficient (Wildman–Crippen LogP) is 0.830. The Bertz CT molecular complexity index is 543. The van der Waals surface area contributed by atoms with Crippen LogP contribution in [-0.2, 0) is 4.79 Å². The van der Waals surface area contributed by atoms with Crippen LogP contribution in [0.15, 0.2) is 24.3 Å². The Kier molecular flexibility index (Phi) is 5.51. The van der Waals surface area contributed by atoms with E-state index in [1.807, 2.05) is 13.8 Å². The van der Waals surface area contributed by atoms with Crippen LogP contribution < -0.4 is 10.6 Å². The van der Waals surface area contributed by atoms with Gasteiger partial charge in [-0.2, -0.15) is 0 Å². The zero-order valence-corrected chi connectivity index (χ0v) is 13.0. The van der Waals surface area contributed by atoms with Crippen LogP contribution in [0.2, 0.25) is 0 Å². The highest BCUT2D eigenvalue weighted by molar-refractivity contribution is 5.98. The summed E-state index contributed by atoms with van der Waals surface area (Å²) < 4.78 is 0. The molecule has 0 aliphatic carbocycles. The third-order valence-electron chi connectivity index (χ3n) is 3.85. The molecule has 3 N–H and O–H groups in total. The minimum Gasteiger partial charge on any atom is -0.392 e. The van der Waals surface area contributed by atoms with E-state index in [2.05, 4.69) is 10.6 Å². The molecule has 2 atom stereocenters. The zero-order chi connectivity index (χ0) is 16.1. The summed E-state index contributed by atoms with van der Waals surface area (Å²) in [5.74, 6) is -0.237. The molecule has 120 valence electrons. The SMILES string of the molecule is CCN(CC)C(=O)c1cccc(NC(=O)C2CC(O)CN2)c1. The van der Waals surface area contributed by atoms with Crippen molar-refractivity contribution in [2.24, 2.45) is 0 Å². The third kappa shape index (κ3) is 3.84. The Labute approximate surface area is 130 Å². The number of amides is 2. The van der Waals surface area contributed by atoms with Gasteiger partial charge >= 0.3 is 0 Å². The van der Waals surface area contributed by atoms with Gasteiger partial charge in [0.2, 0.25) is 5.91 Å². The molecular formula is C16H23N3O3. The van der Waals surface area contributed by atoms with Crippen LogP contribution in [0, 0.1) is 0 Å². The number of nitrogens with one attached hydrogen (secondary N) is 2. The number of β-amino-alcohol motifs (C(OH)–C–C–N with tert-alkyl or cyclic N) is 1. The van der Waals surface area contributed by atoms with Crippen molar-refractivity contribution >= 4 is 17.5 Å². The van der Waals surface area contributed by atoms with Crippen LogP contribution in [0.1, 0.15) is 30.6 Å². The van der Waals surface area contributed by atoms with Crippen LogP contribution >= 0.6 is 0 Å². The monoisotopic (exact) mass is 305 g/mol. The molecule has 2 rings (SSSR count). The highest BCUT2D eigenvalue weighted by Gasteiger charge is 2.28. The van der Waals surface area contributed by atoms with E-state index >= 15 is 0 Å². The summed E-state index contributed by atoms with van der Waals surface area (Å²) in [6, 6.07) is 6.54. The number of benzene rings is 1. The highest BCUT2D eigenvalue weighted by Crippen LogP contribution is 2.15. The van der Waals surface area contributed by atoms with Gasteiger partial charge in [0, 0.05) is 30.9 Å². The fourth-order valence-electron chi connectivity index (χ4n) is 2.57. The molecule has 1 heterocycles. The Balaban J connectivity index is 2.05. The molecular weight excluding hydrogens is 282 g/mol. The minimum absolute atomic E-state index is 0.0458. The number of carbonyl (C=O) groups is 2. The average Bonchev–Trinajstić information content (AvgIpc) is 2.95. The molecule has 2 unspecified atom stereocenters. The fraction of sp³-hybridized carbons (Fsp3) is 0.500. The lowest BCUT2D eigenvalue weighted by Gasteiger charge is -2.19. The maximum atomic E-state index is 12.3. The van der Waals surface area contributed by atoms with Gasteiger partial charge in [-0.25, -0.2) is 0 Å². The van der Waals surface area contributed by atoms with E-state index in [1.54, 1.807) is 29.2 Å². The number of carbonyl (C=O) groups excluding carboxylic acids is 2. The summed E-state index contributed by atoms with van der Waals surface area (Å²) in [5.41, 5.74) is 1.15. The standard InChI is InChI=1S/C16H23N3O3/c1-3-19(4-2)16(22)11-6-5-7-12(8-11)18-15(21)14-9-13(20)10-17-14/h5-8,13-14,17,20H,3-4,9-10H2,1-2H3,(H,18,21). The van der Waals surface area contributed by atoms with Gasteiger partial charge in [-0.1, -0.05) is 6.07 Å². The second-order valence-electron chi connectivity index (χ2n) is 5.40. The molecule has 0 radical (unpaired) electrons. The Hall–Kier alpha value is -1.92. The summed E-state index contributed by atoms with van der Waals surface area (Å²) in [5, 5.41) is 15.2. The molecule has 0 spiro atoms. The molecule has 0 aromatic heterocycles. The number of anilines is 1. The van der Waals surface area contributed by atoms with Gasteiger partial charge in [-0.3, -0.25) is 9.59 Å². The van der Waals surface area contributed by atoms with E-state index in [9.17, 15) is 14.7 Å². The molecule has 1 aliphatic rings.